The molecule has 4 nitrogen and oxygen atoms in total. The van der Waals surface area contributed by atoms with Gasteiger partial charge in [0.1, 0.15) is 5.75 Å². The Balaban J connectivity index is 2.54. The minimum atomic E-state index is -0.745. The van der Waals surface area contributed by atoms with E-state index in [2.05, 4.69) is 18.3 Å². The molecule has 0 aromatic heterocycles. The van der Waals surface area contributed by atoms with E-state index >= 15 is 0 Å². The lowest BCUT2D eigenvalue weighted by Gasteiger charge is -2.14. The van der Waals surface area contributed by atoms with Gasteiger partial charge < -0.3 is 15.2 Å². The summed E-state index contributed by atoms with van der Waals surface area (Å²) in [5.41, 5.74) is 3.52. The average molecular weight is 265 g/mol. The molecule has 1 aromatic rings. The number of carbonyl (C=O) groups is 1. The number of nitrogens with one attached hydrogen (secondary N) is 1. The number of aliphatic carboxylic acids is 1. The molecule has 0 spiro atoms. The predicted molar refractivity (Wildman–Crippen MR) is 75.6 cm³/mol. The van der Waals surface area contributed by atoms with Gasteiger partial charge in [-0.3, -0.25) is 4.79 Å². The molecule has 0 aliphatic rings. The van der Waals surface area contributed by atoms with Crippen LogP contribution in [0.3, 0.4) is 0 Å². The highest BCUT2D eigenvalue weighted by Gasteiger charge is 2.08. The van der Waals surface area contributed by atoms with Crippen molar-refractivity contribution in [3.8, 4) is 5.75 Å². The van der Waals surface area contributed by atoms with Crippen LogP contribution in [0.1, 0.15) is 30.0 Å². The van der Waals surface area contributed by atoms with Crippen LogP contribution in [0.4, 0.5) is 0 Å². The van der Waals surface area contributed by atoms with Gasteiger partial charge in [0.05, 0.1) is 7.11 Å². The molecule has 0 aliphatic carbocycles. The van der Waals surface area contributed by atoms with Crippen molar-refractivity contribution in [1.29, 1.82) is 0 Å². The minimum absolute atomic E-state index is 0.136. The van der Waals surface area contributed by atoms with Gasteiger partial charge >= 0.3 is 5.97 Å². The Morgan fingerprint density at radius 3 is 2.63 bits per heavy atom. The molecule has 0 fully saturated rings. The third-order valence-corrected chi connectivity index (χ3v) is 3.18. The summed E-state index contributed by atoms with van der Waals surface area (Å²) in [6.45, 7) is 7.47. The number of hydrogen-bond donors (Lipinski definition) is 2. The number of rotatable bonds is 7. The van der Waals surface area contributed by atoms with Gasteiger partial charge in [-0.05, 0) is 49.1 Å². The van der Waals surface area contributed by atoms with E-state index < -0.39 is 5.97 Å². The Bertz CT molecular complexity index is 443. The first-order valence-electron chi connectivity index (χ1n) is 6.50. The van der Waals surface area contributed by atoms with Crippen LogP contribution in [0.5, 0.6) is 5.75 Å². The summed E-state index contributed by atoms with van der Waals surface area (Å²) in [6, 6.07) is 4.15. The van der Waals surface area contributed by atoms with Crippen molar-refractivity contribution in [2.24, 2.45) is 5.92 Å². The van der Waals surface area contributed by atoms with Gasteiger partial charge in [0.2, 0.25) is 0 Å². The molecule has 0 saturated carbocycles. The third kappa shape index (κ3) is 4.91. The number of hydrogen-bond acceptors (Lipinski definition) is 3. The molecule has 19 heavy (non-hydrogen) atoms. The van der Waals surface area contributed by atoms with Crippen LogP contribution in [0.2, 0.25) is 0 Å². The number of carboxylic acid groups (broad SMARTS) is 1. The molecule has 0 amide bonds. The van der Waals surface area contributed by atoms with Crippen molar-refractivity contribution in [1.82, 2.24) is 5.32 Å². The standard InChI is InChI=1S/C15H23NO3/c1-10(5-15(17)18)8-16-9-13-6-12(3)14(19-4)7-11(13)2/h6-7,10,16H,5,8-9H2,1-4H3,(H,17,18). The van der Waals surface area contributed by atoms with Crippen molar-refractivity contribution in [3.63, 3.8) is 0 Å². The van der Waals surface area contributed by atoms with Crippen LogP contribution < -0.4 is 10.1 Å². The monoisotopic (exact) mass is 265 g/mol. The first-order valence-corrected chi connectivity index (χ1v) is 6.50. The Labute approximate surface area is 114 Å². The second kappa shape index (κ2) is 7.14. The molecule has 0 saturated heterocycles. The minimum Gasteiger partial charge on any atom is -0.496 e. The summed E-state index contributed by atoms with van der Waals surface area (Å²) in [5.74, 6) is 0.295. The molecule has 1 unspecified atom stereocenters. The molecular weight excluding hydrogens is 242 g/mol. The fraction of sp³-hybridized carbons (Fsp3) is 0.533. The van der Waals surface area contributed by atoms with Crippen LogP contribution in [0.15, 0.2) is 12.1 Å². The van der Waals surface area contributed by atoms with Crippen molar-refractivity contribution in [2.75, 3.05) is 13.7 Å². The van der Waals surface area contributed by atoms with E-state index in [-0.39, 0.29) is 12.3 Å². The Hall–Kier alpha value is -1.55. The first-order chi connectivity index (χ1) is 8.93. The lowest BCUT2D eigenvalue weighted by atomic mass is 10.0. The topological polar surface area (TPSA) is 58.6 Å². The smallest absolute Gasteiger partial charge is 0.303 e. The van der Waals surface area contributed by atoms with Gasteiger partial charge in [0.25, 0.3) is 0 Å². The summed E-state index contributed by atoms with van der Waals surface area (Å²) in [5, 5.41) is 12.0. The van der Waals surface area contributed by atoms with Crippen LogP contribution in [-0.2, 0) is 11.3 Å². The average Bonchev–Trinajstić information content (AvgIpc) is 2.32. The van der Waals surface area contributed by atoms with E-state index in [4.69, 9.17) is 9.84 Å². The van der Waals surface area contributed by atoms with Gasteiger partial charge in [0, 0.05) is 13.0 Å². The van der Waals surface area contributed by atoms with E-state index in [9.17, 15) is 4.79 Å². The Kier molecular flexibility index (Phi) is 5.83. The second-order valence-electron chi connectivity index (χ2n) is 5.08. The van der Waals surface area contributed by atoms with Crippen LogP contribution in [-0.4, -0.2) is 24.7 Å². The highest BCUT2D eigenvalue weighted by atomic mass is 16.5. The van der Waals surface area contributed by atoms with Gasteiger partial charge in [-0.15, -0.1) is 0 Å². The lowest BCUT2D eigenvalue weighted by molar-refractivity contribution is -0.137. The van der Waals surface area contributed by atoms with Gasteiger partial charge in [-0.2, -0.15) is 0 Å². The zero-order chi connectivity index (χ0) is 14.4. The normalized spacial score (nSPS) is 12.2. The molecule has 4 heteroatoms. The van der Waals surface area contributed by atoms with E-state index in [1.165, 1.54) is 11.1 Å². The maximum Gasteiger partial charge on any atom is 0.303 e. The fourth-order valence-corrected chi connectivity index (χ4v) is 2.08. The molecule has 0 bridgehead atoms. The quantitative estimate of drug-likeness (QED) is 0.795. The van der Waals surface area contributed by atoms with E-state index in [0.29, 0.717) is 6.54 Å². The molecule has 0 heterocycles. The number of carboxylic acids is 1. The molecule has 0 radical (unpaired) electrons. The van der Waals surface area contributed by atoms with Gasteiger partial charge in [0.15, 0.2) is 0 Å². The van der Waals surface area contributed by atoms with Crippen LogP contribution >= 0.6 is 0 Å². The van der Waals surface area contributed by atoms with Crippen molar-refractivity contribution < 1.29 is 14.6 Å². The highest BCUT2D eigenvalue weighted by molar-refractivity contribution is 5.66. The summed E-state index contributed by atoms with van der Waals surface area (Å²) >= 11 is 0. The third-order valence-electron chi connectivity index (χ3n) is 3.18. The Morgan fingerprint density at radius 2 is 2.05 bits per heavy atom. The van der Waals surface area contributed by atoms with E-state index in [1.807, 2.05) is 19.9 Å². The van der Waals surface area contributed by atoms with E-state index in [0.717, 1.165) is 17.9 Å². The summed E-state index contributed by atoms with van der Waals surface area (Å²) in [7, 11) is 1.67. The number of benzene rings is 1. The maximum absolute atomic E-state index is 10.6. The molecule has 1 rings (SSSR count). The number of ether oxygens (including phenoxy) is 1. The second-order valence-corrected chi connectivity index (χ2v) is 5.08. The van der Waals surface area contributed by atoms with Gasteiger partial charge in [-0.25, -0.2) is 0 Å². The van der Waals surface area contributed by atoms with Crippen LogP contribution in [0.25, 0.3) is 0 Å². The lowest BCUT2D eigenvalue weighted by Crippen LogP contribution is -2.23. The molecular formula is C15H23NO3. The van der Waals surface area contributed by atoms with Crippen molar-refractivity contribution in [2.45, 2.75) is 33.7 Å². The molecule has 1 atom stereocenters. The summed E-state index contributed by atoms with van der Waals surface area (Å²) in [6.07, 6.45) is 0.202. The summed E-state index contributed by atoms with van der Waals surface area (Å²) in [4.78, 5) is 10.6. The zero-order valence-electron chi connectivity index (χ0n) is 12.1. The molecule has 1 aromatic carbocycles. The van der Waals surface area contributed by atoms with Crippen molar-refractivity contribution in [3.05, 3.63) is 28.8 Å². The van der Waals surface area contributed by atoms with Crippen LogP contribution in [0, 0.1) is 19.8 Å². The van der Waals surface area contributed by atoms with E-state index in [1.54, 1.807) is 7.11 Å². The zero-order valence-corrected chi connectivity index (χ0v) is 12.1. The molecule has 0 aliphatic heterocycles. The molecule has 2 N–H and O–H groups in total. The highest BCUT2D eigenvalue weighted by Crippen LogP contribution is 2.22. The maximum atomic E-state index is 10.6. The largest absolute Gasteiger partial charge is 0.496 e. The predicted octanol–water partition coefficient (Wildman–Crippen LogP) is 2.51. The SMILES string of the molecule is COc1cc(C)c(CNCC(C)CC(=O)O)cc1C. The number of aryl methyl sites for hydroxylation is 2. The first kappa shape index (κ1) is 15.5. The Morgan fingerprint density at radius 1 is 1.37 bits per heavy atom. The van der Waals surface area contributed by atoms with Gasteiger partial charge in [-0.1, -0.05) is 13.0 Å². The molecule has 106 valence electrons. The fourth-order valence-electron chi connectivity index (χ4n) is 2.08. The van der Waals surface area contributed by atoms with Crippen molar-refractivity contribution >= 4 is 5.97 Å². The number of methoxy groups -OCH3 is 1. The summed E-state index contributed by atoms with van der Waals surface area (Å²) < 4.78 is 5.28.